The second-order valence-electron chi connectivity index (χ2n) is 6.04. The third-order valence-corrected chi connectivity index (χ3v) is 3.84. The van der Waals surface area contributed by atoms with Gasteiger partial charge in [-0.05, 0) is 19.3 Å². The molecule has 0 saturated heterocycles. The number of ether oxygens (including phenoxy) is 1. The van der Waals surface area contributed by atoms with Gasteiger partial charge in [-0.25, -0.2) is 0 Å². The maximum Gasteiger partial charge on any atom is 0.302 e. The van der Waals surface area contributed by atoms with Gasteiger partial charge in [0.15, 0.2) is 0 Å². The van der Waals surface area contributed by atoms with Crippen LogP contribution in [0, 0.1) is 0 Å². The molecule has 128 valence electrons. The predicted molar refractivity (Wildman–Crippen MR) is 96.0 cm³/mol. The molecular weight excluding hydrogens is 272 g/mol. The van der Waals surface area contributed by atoms with Gasteiger partial charge in [0.05, 0.1) is 6.61 Å². The average Bonchev–Trinajstić information content (AvgIpc) is 2.50. The van der Waals surface area contributed by atoms with Crippen LogP contribution in [0.1, 0.15) is 90.4 Å². The third kappa shape index (κ3) is 18.9. The number of hydrogen-bond acceptors (Lipinski definition) is 2. The molecule has 0 aromatic heterocycles. The van der Waals surface area contributed by atoms with Crippen molar-refractivity contribution < 1.29 is 9.53 Å². The molecule has 22 heavy (non-hydrogen) atoms. The fourth-order valence-electron chi connectivity index (χ4n) is 2.54. The molecule has 0 rings (SSSR count). The summed E-state index contributed by atoms with van der Waals surface area (Å²) in [5.41, 5.74) is 0. The summed E-state index contributed by atoms with van der Waals surface area (Å²) in [6.45, 7) is 5.74. The van der Waals surface area contributed by atoms with Crippen molar-refractivity contribution in [1.82, 2.24) is 0 Å². The predicted octanol–water partition coefficient (Wildman–Crippen LogP) is 6.36. The molecule has 2 heteroatoms. The van der Waals surface area contributed by atoms with E-state index in [9.17, 15) is 4.79 Å². The maximum absolute atomic E-state index is 10.6. The van der Waals surface area contributed by atoms with E-state index in [2.05, 4.69) is 12.7 Å². The molecule has 0 amide bonds. The molecule has 0 radical (unpaired) electrons. The highest BCUT2D eigenvalue weighted by Crippen LogP contribution is 2.12. The summed E-state index contributed by atoms with van der Waals surface area (Å²) < 4.78 is 4.91. The van der Waals surface area contributed by atoms with Gasteiger partial charge in [0.2, 0.25) is 0 Å². The van der Waals surface area contributed by atoms with Crippen LogP contribution in [0.4, 0.5) is 0 Å². The molecule has 0 aromatic rings. The van der Waals surface area contributed by atoms with Crippen LogP contribution in [0.3, 0.4) is 0 Å². The lowest BCUT2D eigenvalue weighted by Gasteiger charge is -2.03. The summed E-state index contributed by atoms with van der Waals surface area (Å²) in [5.74, 6) is -0.159. The van der Waals surface area contributed by atoms with Crippen molar-refractivity contribution in [1.29, 1.82) is 0 Å². The van der Waals surface area contributed by atoms with Crippen molar-refractivity contribution in [2.24, 2.45) is 0 Å². The molecule has 0 unspecified atom stereocenters. The van der Waals surface area contributed by atoms with Gasteiger partial charge >= 0.3 is 5.97 Å². The molecule has 0 aliphatic heterocycles. The van der Waals surface area contributed by atoms with E-state index in [1.807, 2.05) is 12.2 Å². The lowest BCUT2D eigenvalue weighted by atomic mass is 10.0. The molecule has 0 aliphatic rings. The Labute approximate surface area is 138 Å². The molecule has 2 nitrogen and oxygen atoms in total. The Kier molecular flexibility index (Phi) is 17.1. The number of esters is 1. The van der Waals surface area contributed by atoms with Crippen LogP contribution >= 0.6 is 0 Å². The number of unbranched alkanes of at least 4 members (excludes halogenated alkanes) is 12. The van der Waals surface area contributed by atoms with E-state index in [1.165, 1.54) is 84.0 Å². The number of allylic oxidation sites excluding steroid dienone is 3. The minimum atomic E-state index is -0.159. The van der Waals surface area contributed by atoms with E-state index >= 15 is 0 Å². The van der Waals surface area contributed by atoms with Gasteiger partial charge in [-0.1, -0.05) is 89.0 Å². The molecule has 0 spiro atoms. The molecule has 0 fully saturated rings. The Morgan fingerprint density at radius 2 is 1.27 bits per heavy atom. The highest BCUT2D eigenvalue weighted by molar-refractivity contribution is 5.65. The van der Waals surface area contributed by atoms with E-state index in [0.717, 1.165) is 6.42 Å². The number of carbonyl (C=O) groups excluding carboxylic acids is 1. The standard InChI is InChI=1S/C20H36O2/c1-3-4-5-6-7-8-9-10-11-12-13-14-15-16-17-18-19-22-20(2)21/h3-5H,1,6-19H2,2H3/b5-4-. The number of carbonyl (C=O) groups is 1. The normalized spacial score (nSPS) is 11.0. The van der Waals surface area contributed by atoms with Crippen molar-refractivity contribution >= 4 is 5.97 Å². The first-order chi connectivity index (χ1) is 10.8. The van der Waals surface area contributed by atoms with E-state index in [1.54, 1.807) is 0 Å². The Bertz CT molecular complexity index is 281. The van der Waals surface area contributed by atoms with Crippen molar-refractivity contribution in [3.63, 3.8) is 0 Å². The molecular formula is C20H36O2. The largest absolute Gasteiger partial charge is 0.466 e. The minimum absolute atomic E-state index is 0.159. The molecule has 0 N–H and O–H groups in total. The van der Waals surface area contributed by atoms with E-state index in [-0.39, 0.29) is 5.97 Å². The highest BCUT2D eigenvalue weighted by atomic mass is 16.5. The average molecular weight is 309 g/mol. The summed E-state index contributed by atoms with van der Waals surface area (Å²) >= 11 is 0. The fraction of sp³-hybridized carbons (Fsp3) is 0.750. The van der Waals surface area contributed by atoms with E-state index in [0.29, 0.717) is 6.61 Å². The van der Waals surface area contributed by atoms with Crippen molar-refractivity contribution in [3.05, 3.63) is 24.8 Å². The Balaban J connectivity index is 3.01. The van der Waals surface area contributed by atoms with Crippen molar-refractivity contribution in [3.8, 4) is 0 Å². The second-order valence-corrected chi connectivity index (χ2v) is 6.04. The Hall–Kier alpha value is -1.05. The van der Waals surface area contributed by atoms with Gasteiger partial charge in [-0.3, -0.25) is 4.79 Å². The van der Waals surface area contributed by atoms with Gasteiger partial charge < -0.3 is 4.74 Å². The quantitative estimate of drug-likeness (QED) is 0.188. The molecule has 0 aromatic carbocycles. The number of rotatable bonds is 16. The zero-order chi connectivity index (χ0) is 16.3. The lowest BCUT2D eigenvalue weighted by Crippen LogP contribution is -2.00. The van der Waals surface area contributed by atoms with Crippen LogP contribution in [0.25, 0.3) is 0 Å². The van der Waals surface area contributed by atoms with E-state index in [4.69, 9.17) is 4.74 Å². The summed E-state index contributed by atoms with van der Waals surface area (Å²) in [5, 5.41) is 0. The van der Waals surface area contributed by atoms with Gasteiger partial charge in [0.1, 0.15) is 0 Å². The summed E-state index contributed by atoms with van der Waals surface area (Å²) in [4.78, 5) is 10.6. The lowest BCUT2D eigenvalue weighted by molar-refractivity contribution is -0.141. The van der Waals surface area contributed by atoms with Gasteiger partial charge in [-0.2, -0.15) is 0 Å². The Morgan fingerprint density at radius 1 is 0.818 bits per heavy atom. The highest BCUT2D eigenvalue weighted by Gasteiger charge is 1.95. The molecule has 0 heterocycles. The van der Waals surface area contributed by atoms with Crippen LogP contribution in [0.2, 0.25) is 0 Å². The first-order valence-corrected chi connectivity index (χ1v) is 9.18. The molecule has 0 saturated carbocycles. The minimum Gasteiger partial charge on any atom is -0.466 e. The zero-order valence-electron chi connectivity index (χ0n) is 14.7. The second kappa shape index (κ2) is 18.0. The smallest absolute Gasteiger partial charge is 0.302 e. The van der Waals surface area contributed by atoms with Crippen LogP contribution in [0.15, 0.2) is 24.8 Å². The fourth-order valence-corrected chi connectivity index (χ4v) is 2.54. The van der Waals surface area contributed by atoms with Crippen LogP contribution in [-0.2, 0) is 9.53 Å². The third-order valence-electron chi connectivity index (χ3n) is 3.84. The van der Waals surface area contributed by atoms with Crippen LogP contribution in [-0.4, -0.2) is 12.6 Å². The Morgan fingerprint density at radius 3 is 1.73 bits per heavy atom. The van der Waals surface area contributed by atoms with Gasteiger partial charge in [0.25, 0.3) is 0 Å². The van der Waals surface area contributed by atoms with Gasteiger partial charge in [0, 0.05) is 6.92 Å². The van der Waals surface area contributed by atoms with Crippen LogP contribution in [0.5, 0.6) is 0 Å². The topological polar surface area (TPSA) is 26.3 Å². The molecule has 0 atom stereocenters. The number of hydrogen-bond donors (Lipinski definition) is 0. The zero-order valence-corrected chi connectivity index (χ0v) is 14.7. The van der Waals surface area contributed by atoms with Crippen LogP contribution < -0.4 is 0 Å². The van der Waals surface area contributed by atoms with E-state index < -0.39 is 0 Å². The van der Waals surface area contributed by atoms with Gasteiger partial charge in [-0.15, -0.1) is 0 Å². The molecule has 0 bridgehead atoms. The van der Waals surface area contributed by atoms with Crippen molar-refractivity contribution in [2.45, 2.75) is 90.4 Å². The maximum atomic E-state index is 10.6. The first-order valence-electron chi connectivity index (χ1n) is 9.18. The van der Waals surface area contributed by atoms with Crippen molar-refractivity contribution in [2.75, 3.05) is 6.61 Å². The first kappa shape index (κ1) is 20.9. The molecule has 0 aliphatic carbocycles. The SMILES string of the molecule is C=C/C=C\CCCCCCCCCCCCCCOC(C)=O. The summed E-state index contributed by atoms with van der Waals surface area (Å²) in [6.07, 6.45) is 23.1. The summed E-state index contributed by atoms with van der Waals surface area (Å²) in [7, 11) is 0. The summed E-state index contributed by atoms with van der Waals surface area (Å²) in [6, 6.07) is 0. The monoisotopic (exact) mass is 308 g/mol.